The fourth-order valence-corrected chi connectivity index (χ4v) is 1.14. The highest BCUT2D eigenvalue weighted by atomic mass is 16.5. The second-order valence-corrected chi connectivity index (χ2v) is 3.53. The molecule has 0 rings (SSSR count). The van der Waals surface area contributed by atoms with E-state index >= 15 is 0 Å². The van der Waals surface area contributed by atoms with E-state index in [0.717, 1.165) is 19.3 Å². The van der Waals surface area contributed by atoms with Crippen molar-refractivity contribution in [2.75, 3.05) is 13.2 Å². The van der Waals surface area contributed by atoms with Gasteiger partial charge in [-0.25, -0.2) is 4.79 Å². The minimum atomic E-state index is -0.773. The number of esters is 1. The van der Waals surface area contributed by atoms with Crippen molar-refractivity contribution in [1.82, 2.24) is 0 Å². The Labute approximate surface area is 90.1 Å². The Morgan fingerprint density at radius 1 is 1.27 bits per heavy atom. The third kappa shape index (κ3) is 8.08. The lowest BCUT2D eigenvalue weighted by molar-refractivity contribution is -0.153. The fraction of sp³-hybridized carbons (Fsp3) is 0.800. The van der Waals surface area contributed by atoms with E-state index in [-0.39, 0.29) is 12.6 Å². The fourth-order valence-electron chi connectivity index (χ4n) is 1.14. The summed E-state index contributed by atoms with van der Waals surface area (Å²) in [7, 11) is 0. The van der Waals surface area contributed by atoms with Crippen LogP contribution >= 0.6 is 0 Å². The van der Waals surface area contributed by atoms with Crippen molar-refractivity contribution in [3.8, 4) is 0 Å². The predicted molar refractivity (Wildman–Crippen MR) is 57.1 cm³/mol. The normalized spacial score (nSPS) is 12.2. The van der Waals surface area contributed by atoms with Gasteiger partial charge in [0.05, 0.1) is 6.61 Å². The maximum atomic E-state index is 10.7. The molecule has 0 radical (unpaired) electrons. The molecule has 0 aliphatic heterocycles. The molecule has 1 atom stereocenters. The van der Waals surface area contributed by atoms with Crippen molar-refractivity contribution < 1.29 is 14.3 Å². The number of rotatable bonds is 8. The van der Waals surface area contributed by atoms with Crippen molar-refractivity contribution >= 4 is 11.8 Å². The highest BCUT2D eigenvalue weighted by molar-refractivity contribution is 6.32. The molecular weight excluding hydrogens is 196 g/mol. The summed E-state index contributed by atoms with van der Waals surface area (Å²) in [6, 6.07) is 0.101. The van der Waals surface area contributed by atoms with Gasteiger partial charge >= 0.3 is 5.97 Å². The quantitative estimate of drug-likeness (QED) is 0.337. The summed E-state index contributed by atoms with van der Waals surface area (Å²) in [4.78, 5) is 21.2. The van der Waals surface area contributed by atoms with Crippen molar-refractivity contribution in [3.05, 3.63) is 0 Å². The molecule has 0 aliphatic carbocycles. The van der Waals surface area contributed by atoms with E-state index in [2.05, 4.69) is 4.74 Å². The van der Waals surface area contributed by atoms with Crippen molar-refractivity contribution in [2.45, 2.75) is 38.6 Å². The number of carbonyl (C=O) groups is 2. The van der Waals surface area contributed by atoms with Gasteiger partial charge in [0.25, 0.3) is 0 Å². The maximum Gasteiger partial charge on any atom is 0.374 e. The zero-order valence-corrected chi connectivity index (χ0v) is 9.20. The molecule has 0 amide bonds. The summed E-state index contributed by atoms with van der Waals surface area (Å²) in [5, 5.41) is 0. The van der Waals surface area contributed by atoms with Crippen LogP contribution in [-0.4, -0.2) is 30.9 Å². The first-order valence-corrected chi connectivity index (χ1v) is 5.21. The summed E-state index contributed by atoms with van der Waals surface area (Å²) in [6.07, 6.45) is 3.27. The number of hydrogen-bond donors (Lipinski definition) is 2. The summed E-state index contributed by atoms with van der Waals surface area (Å²) >= 11 is 0. The molecule has 0 saturated heterocycles. The van der Waals surface area contributed by atoms with Crippen LogP contribution in [0.5, 0.6) is 0 Å². The zero-order valence-electron chi connectivity index (χ0n) is 9.20. The number of ketones is 1. The molecule has 5 nitrogen and oxygen atoms in total. The Balaban J connectivity index is 3.37. The minimum absolute atomic E-state index is 0.101. The van der Waals surface area contributed by atoms with Crippen LogP contribution in [0.25, 0.3) is 0 Å². The minimum Gasteiger partial charge on any atom is -0.460 e. The van der Waals surface area contributed by atoms with Gasteiger partial charge in [0.2, 0.25) is 5.78 Å². The van der Waals surface area contributed by atoms with Gasteiger partial charge in [0.1, 0.15) is 0 Å². The molecule has 1 unspecified atom stereocenters. The zero-order chi connectivity index (χ0) is 11.7. The summed E-state index contributed by atoms with van der Waals surface area (Å²) < 4.78 is 4.69. The summed E-state index contributed by atoms with van der Waals surface area (Å²) in [6.45, 7) is 2.09. The summed E-state index contributed by atoms with van der Waals surface area (Å²) in [5.74, 6) is -1.34. The van der Waals surface area contributed by atoms with E-state index in [1.54, 1.807) is 0 Å². The standard InChI is InChI=1S/C10H20N2O3/c1-8(13)10(14)15-7-3-5-9(12)4-2-6-11/h9H,2-7,11-12H2,1H3. The average molecular weight is 216 g/mol. The molecule has 0 spiro atoms. The summed E-state index contributed by atoms with van der Waals surface area (Å²) in [5.41, 5.74) is 11.1. The molecule has 0 aromatic rings. The van der Waals surface area contributed by atoms with Gasteiger partial charge in [0.15, 0.2) is 0 Å². The number of ether oxygens (including phenoxy) is 1. The van der Waals surface area contributed by atoms with Gasteiger partial charge < -0.3 is 16.2 Å². The lowest BCUT2D eigenvalue weighted by atomic mass is 10.1. The molecule has 0 saturated carbocycles. The Hall–Kier alpha value is -0.940. The third-order valence-electron chi connectivity index (χ3n) is 2.02. The van der Waals surface area contributed by atoms with Gasteiger partial charge in [-0.15, -0.1) is 0 Å². The third-order valence-corrected chi connectivity index (χ3v) is 2.02. The first-order chi connectivity index (χ1) is 7.07. The lowest BCUT2D eigenvalue weighted by Gasteiger charge is -2.10. The lowest BCUT2D eigenvalue weighted by Crippen LogP contribution is -2.22. The molecule has 0 aromatic heterocycles. The van der Waals surface area contributed by atoms with Crippen LogP contribution in [0.1, 0.15) is 32.6 Å². The van der Waals surface area contributed by atoms with Crippen LogP contribution in [-0.2, 0) is 14.3 Å². The molecule has 0 fully saturated rings. The first-order valence-electron chi connectivity index (χ1n) is 5.21. The van der Waals surface area contributed by atoms with Crippen LogP contribution in [0.3, 0.4) is 0 Å². The van der Waals surface area contributed by atoms with Gasteiger partial charge in [-0.2, -0.15) is 0 Å². The highest BCUT2D eigenvalue weighted by Crippen LogP contribution is 2.01. The van der Waals surface area contributed by atoms with Crippen molar-refractivity contribution in [2.24, 2.45) is 11.5 Å². The van der Waals surface area contributed by atoms with Gasteiger partial charge in [-0.3, -0.25) is 4.79 Å². The van der Waals surface area contributed by atoms with Gasteiger partial charge in [-0.05, 0) is 32.2 Å². The SMILES string of the molecule is CC(=O)C(=O)OCCCC(N)CCCN. The second kappa shape index (κ2) is 8.38. The average Bonchev–Trinajstić information content (AvgIpc) is 2.20. The number of Topliss-reactive ketones (excluding diaryl/α,β-unsaturated/α-hetero) is 1. The molecular formula is C10H20N2O3. The van der Waals surface area contributed by atoms with Gasteiger partial charge in [0, 0.05) is 13.0 Å². The van der Waals surface area contributed by atoms with Gasteiger partial charge in [-0.1, -0.05) is 0 Å². The maximum absolute atomic E-state index is 10.7. The van der Waals surface area contributed by atoms with E-state index in [9.17, 15) is 9.59 Å². The van der Waals surface area contributed by atoms with Crippen LogP contribution in [0.2, 0.25) is 0 Å². The van der Waals surface area contributed by atoms with Crippen LogP contribution < -0.4 is 11.5 Å². The Kier molecular flexibility index (Phi) is 7.85. The van der Waals surface area contributed by atoms with Crippen LogP contribution in [0.4, 0.5) is 0 Å². The number of carbonyl (C=O) groups excluding carboxylic acids is 2. The monoisotopic (exact) mass is 216 g/mol. The molecule has 0 aliphatic rings. The number of hydrogen-bond acceptors (Lipinski definition) is 5. The predicted octanol–water partition coefficient (Wildman–Crippen LogP) is -0.0350. The largest absolute Gasteiger partial charge is 0.460 e. The van der Waals surface area contributed by atoms with E-state index < -0.39 is 11.8 Å². The van der Waals surface area contributed by atoms with E-state index in [4.69, 9.17) is 11.5 Å². The van der Waals surface area contributed by atoms with Crippen molar-refractivity contribution in [1.29, 1.82) is 0 Å². The molecule has 4 N–H and O–H groups in total. The van der Waals surface area contributed by atoms with E-state index in [1.807, 2.05) is 0 Å². The topological polar surface area (TPSA) is 95.4 Å². The molecule has 0 heterocycles. The first kappa shape index (κ1) is 14.1. The second-order valence-electron chi connectivity index (χ2n) is 3.53. The number of nitrogens with two attached hydrogens (primary N) is 2. The molecule has 15 heavy (non-hydrogen) atoms. The van der Waals surface area contributed by atoms with Crippen LogP contribution in [0.15, 0.2) is 0 Å². The smallest absolute Gasteiger partial charge is 0.374 e. The van der Waals surface area contributed by atoms with Crippen molar-refractivity contribution in [3.63, 3.8) is 0 Å². The Bertz CT molecular complexity index is 207. The molecule has 5 heteroatoms. The molecule has 0 bridgehead atoms. The van der Waals surface area contributed by atoms with E-state index in [0.29, 0.717) is 13.0 Å². The Morgan fingerprint density at radius 2 is 1.87 bits per heavy atom. The molecule has 0 aromatic carbocycles. The van der Waals surface area contributed by atoms with Crippen LogP contribution in [0, 0.1) is 0 Å². The Morgan fingerprint density at radius 3 is 2.40 bits per heavy atom. The van der Waals surface area contributed by atoms with E-state index in [1.165, 1.54) is 6.92 Å². The molecule has 88 valence electrons. The highest BCUT2D eigenvalue weighted by Gasteiger charge is 2.08.